The molecule has 0 radical (unpaired) electrons. The van der Waals surface area contributed by atoms with Gasteiger partial charge in [0, 0.05) is 44.1 Å². The van der Waals surface area contributed by atoms with E-state index in [1.165, 1.54) is 29.1 Å². The van der Waals surface area contributed by atoms with Crippen molar-refractivity contribution in [3.05, 3.63) is 77.6 Å². The first-order chi connectivity index (χ1) is 19.3. The second-order valence-corrected chi connectivity index (χ2v) is 10.2. The van der Waals surface area contributed by atoms with Gasteiger partial charge in [0.15, 0.2) is 0 Å². The van der Waals surface area contributed by atoms with Gasteiger partial charge in [-0.3, -0.25) is 24.0 Å². The maximum Gasteiger partial charge on any atom is 0.387 e. The lowest BCUT2D eigenvalue weighted by molar-refractivity contribution is -0.123. The first-order valence-corrected chi connectivity index (χ1v) is 13.1. The van der Waals surface area contributed by atoms with Gasteiger partial charge in [-0.25, -0.2) is 4.98 Å². The fourth-order valence-electron chi connectivity index (χ4n) is 5.26. The third-order valence-corrected chi connectivity index (χ3v) is 7.71. The van der Waals surface area contributed by atoms with Crippen molar-refractivity contribution in [3.8, 4) is 22.6 Å². The number of carbonyl (C=O) groups excluding carboxylic acids is 1. The summed E-state index contributed by atoms with van der Waals surface area (Å²) in [7, 11) is 2.04. The van der Waals surface area contributed by atoms with E-state index in [1.54, 1.807) is 18.5 Å². The molecule has 2 aromatic carbocycles. The molecule has 3 heterocycles. The topological polar surface area (TPSA) is 92.6 Å². The second-order valence-electron chi connectivity index (χ2n) is 10.2. The molecule has 0 unspecified atom stereocenters. The molecular weight excluding hydrogens is 518 g/mol. The number of pyridine rings is 1. The van der Waals surface area contributed by atoms with Gasteiger partial charge in [0.05, 0.1) is 22.3 Å². The largest absolute Gasteiger partial charge is 0.433 e. The summed E-state index contributed by atoms with van der Waals surface area (Å²) in [5.41, 5.74) is 1.72. The van der Waals surface area contributed by atoms with Crippen LogP contribution in [0.4, 0.5) is 14.5 Å². The van der Waals surface area contributed by atoms with E-state index < -0.39 is 12.2 Å². The Bertz CT molecular complexity index is 1620. The van der Waals surface area contributed by atoms with Crippen LogP contribution >= 0.6 is 0 Å². The van der Waals surface area contributed by atoms with Crippen LogP contribution in [0.3, 0.4) is 0 Å². The van der Waals surface area contributed by atoms with E-state index in [0.717, 1.165) is 37.3 Å². The van der Waals surface area contributed by atoms with E-state index in [2.05, 4.69) is 25.1 Å². The van der Waals surface area contributed by atoms with Crippen molar-refractivity contribution in [1.82, 2.24) is 24.3 Å². The van der Waals surface area contributed by atoms with Crippen molar-refractivity contribution in [2.24, 2.45) is 0 Å². The minimum Gasteiger partial charge on any atom is -0.433 e. The van der Waals surface area contributed by atoms with Gasteiger partial charge in [-0.15, -0.1) is 0 Å². The van der Waals surface area contributed by atoms with E-state index in [9.17, 15) is 18.4 Å². The number of rotatable bonds is 7. The number of halogens is 2. The molecule has 4 aromatic rings. The lowest BCUT2D eigenvalue weighted by Gasteiger charge is -2.37. The van der Waals surface area contributed by atoms with Gasteiger partial charge in [0.25, 0.3) is 5.56 Å². The predicted molar refractivity (Wildman–Crippen MR) is 147 cm³/mol. The number of alkyl halides is 2. The minimum atomic E-state index is -3.08. The summed E-state index contributed by atoms with van der Waals surface area (Å²) >= 11 is 0. The number of fused-ring (bicyclic) bond motifs is 1. The van der Waals surface area contributed by atoms with Crippen LogP contribution in [-0.2, 0) is 4.79 Å². The Labute approximate surface area is 229 Å². The number of hydrogen-bond acceptors (Lipinski definition) is 7. The Morgan fingerprint density at radius 2 is 1.85 bits per heavy atom. The van der Waals surface area contributed by atoms with Crippen LogP contribution in [0.5, 0.6) is 5.75 Å². The molecule has 2 fully saturated rings. The Morgan fingerprint density at radius 1 is 1.05 bits per heavy atom. The quantitative estimate of drug-likeness (QED) is 0.377. The number of hydrogen-bond donors (Lipinski definition) is 1. The first-order valence-electron chi connectivity index (χ1n) is 13.1. The van der Waals surface area contributed by atoms with Crippen molar-refractivity contribution in [3.63, 3.8) is 0 Å². The molecule has 9 nitrogen and oxygen atoms in total. The molecule has 1 saturated carbocycles. The number of amides is 1. The van der Waals surface area contributed by atoms with Gasteiger partial charge in [0.2, 0.25) is 5.91 Å². The normalized spacial score (nSPS) is 17.2. The molecule has 0 atom stereocenters. The zero-order valence-corrected chi connectivity index (χ0v) is 21.9. The molecule has 1 N–H and O–H groups in total. The first kappa shape index (κ1) is 26.0. The van der Waals surface area contributed by atoms with Crippen LogP contribution in [0.2, 0.25) is 0 Å². The summed E-state index contributed by atoms with van der Waals surface area (Å²) < 4.78 is 32.5. The third kappa shape index (κ3) is 4.93. The minimum absolute atomic E-state index is 0.0714. The van der Waals surface area contributed by atoms with E-state index in [0.29, 0.717) is 29.4 Å². The van der Waals surface area contributed by atoms with Crippen LogP contribution < -0.4 is 15.6 Å². The SMILES string of the molecule is CN1CCN(C2(C(=O)Nc3cc(-n4cnc5cc(-c6cccnc6)ccc5c4=O)ccc3OC(F)F)CC2)CC1. The third-order valence-electron chi connectivity index (χ3n) is 7.71. The highest BCUT2D eigenvalue weighted by Crippen LogP contribution is 2.44. The average molecular weight is 547 g/mol. The van der Waals surface area contributed by atoms with E-state index >= 15 is 0 Å². The summed E-state index contributed by atoms with van der Waals surface area (Å²) in [4.78, 5) is 39.9. The molecule has 2 aromatic heterocycles. The van der Waals surface area contributed by atoms with Crippen molar-refractivity contribution in [2.45, 2.75) is 25.0 Å². The molecule has 1 saturated heterocycles. The Hall–Kier alpha value is -4.22. The number of aromatic nitrogens is 3. The Balaban J connectivity index is 1.32. The zero-order valence-electron chi connectivity index (χ0n) is 21.9. The molecule has 6 rings (SSSR count). The number of piperazine rings is 1. The van der Waals surface area contributed by atoms with Gasteiger partial charge in [-0.2, -0.15) is 8.78 Å². The van der Waals surface area contributed by atoms with Crippen molar-refractivity contribution >= 4 is 22.5 Å². The monoisotopic (exact) mass is 546 g/mol. The summed E-state index contributed by atoms with van der Waals surface area (Å²) in [6, 6.07) is 13.4. The maximum absolute atomic E-state index is 13.5. The average Bonchev–Trinajstić information content (AvgIpc) is 3.77. The molecule has 11 heteroatoms. The molecule has 1 aliphatic heterocycles. The zero-order chi connectivity index (χ0) is 27.9. The summed E-state index contributed by atoms with van der Waals surface area (Å²) in [5.74, 6) is -0.440. The summed E-state index contributed by atoms with van der Waals surface area (Å²) in [6.45, 7) is 0.140. The fourth-order valence-corrected chi connectivity index (χ4v) is 5.26. The molecular formula is C29H28F2N6O3. The highest BCUT2D eigenvalue weighted by Gasteiger charge is 2.54. The van der Waals surface area contributed by atoms with E-state index in [4.69, 9.17) is 4.74 Å². The lowest BCUT2D eigenvalue weighted by Crippen LogP contribution is -2.54. The van der Waals surface area contributed by atoms with Gasteiger partial charge in [0.1, 0.15) is 17.6 Å². The highest BCUT2D eigenvalue weighted by atomic mass is 19.3. The Morgan fingerprint density at radius 3 is 2.55 bits per heavy atom. The standard InChI is InChI=1S/C29H28F2N6O3/c1-35-11-13-36(14-12-35)29(8-9-29)27(39)34-24-16-21(5-7-25(24)40-28(30)31)37-18-33-23-15-19(4-6-22(23)26(37)38)20-3-2-10-32-17-20/h2-7,10,15-18,28H,8-9,11-14H2,1H3,(H,34,39). The van der Waals surface area contributed by atoms with Gasteiger partial charge in [-0.1, -0.05) is 12.1 Å². The van der Waals surface area contributed by atoms with Gasteiger partial charge in [-0.05, 0) is 61.9 Å². The second kappa shape index (κ2) is 10.4. The number of carbonyl (C=O) groups is 1. The number of nitrogens with one attached hydrogen (secondary N) is 1. The number of nitrogens with zero attached hydrogens (tertiary/aromatic N) is 5. The van der Waals surface area contributed by atoms with Crippen LogP contribution in [-0.4, -0.2) is 75.6 Å². The van der Waals surface area contributed by atoms with E-state index in [-0.39, 0.29) is 22.9 Å². The van der Waals surface area contributed by atoms with Crippen LogP contribution in [0.15, 0.2) is 72.0 Å². The molecule has 2 aliphatic rings. The Kier molecular flexibility index (Phi) is 6.77. The van der Waals surface area contributed by atoms with Crippen molar-refractivity contribution in [2.75, 3.05) is 38.5 Å². The van der Waals surface area contributed by atoms with Crippen LogP contribution in [0, 0.1) is 0 Å². The van der Waals surface area contributed by atoms with Crippen LogP contribution in [0.1, 0.15) is 12.8 Å². The van der Waals surface area contributed by atoms with Crippen molar-refractivity contribution < 1.29 is 18.3 Å². The molecule has 0 spiro atoms. The highest BCUT2D eigenvalue weighted by molar-refractivity contribution is 6.01. The van der Waals surface area contributed by atoms with Gasteiger partial charge >= 0.3 is 6.61 Å². The summed E-state index contributed by atoms with van der Waals surface area (Å²) in [6.07, 6.45) is 6.20. The molecule has 0 bridgehead atoms. The number of likely N-dealkylation sites (N-methyl/N-ethyl adjacent to an activating group) is 1. The summed E-state index contributed by atoms with van der Waals surface area (Å²) in [5, 5.41) is 3.21. The maximum atomic E-state index is 13.5. The van der Waals surface area contributed by atoms with Crippen molar-refractivity contribution in [1.29, 1.82) is 0 Å². The van der Waals surface area contributed by atoms with Gasteiger partial charge < -0.3 is 15.0 Å². The number of anilines is 1. The smallest absolute Gasteiger partial charge is 0.387 e. The number of ether oxygens (including phenoxy) is 1. The molecule has 40 heavy (non-hydrogen) atoms. The molecule has 1 aliphatic carbocycles. The van der Waals surface area contributed by atoms with E-state index in [1.807, 2.05) is 31.3 Å². The predicted octanol–water partition coefficient (Wildman–Crippen LogP) is 3.77. The lowest BCUT2D eigenvalue weighted by atomic mass is 10.1. The number of benzene rings is 2. The fraction of sp³-hybridized carbons (Fsp3) is 0.310. The van der Waals surface area contributed by atoms with Crippen LogP contribution in [0.25, 0.3) is 27.7 Å². The molecule has 1 amide bonds. The molecule has 206 valence electrons.